The van der Waals surface area contributed by atoms with Crippen LogP contribution < -0.4 is 10.6 Å². The van der Waals surface area contributed by atoms with Crippen LogP contribution in [0.15, 0.2) is 48.5 Å². The Morgan fingerprint density at radius 2 is 1.61 bits per heavy atom. The van der Waals surface area contributed by atoms with Crippen molar-refractivity contribution < 1.29 is 14.0 Å². The Morgan fingerprint density at radius 1 is 1.00 bits per heavy atom. The zero-order valence-corrected chi connectivity index (χ0v) is 17.1. The molecule has 0 bridgehead atoms. The van der Waals surface area contributed by atoms with E-state index in [9.17, 15) is 14.0 Å². The number of ketones is 1. The first-order valence-corrected chi connectivity index (χ1v) is 8.62. The highest BCUT2D eigenvalue weighted by Crippen LogP contribution is 2.23. The number of hydrogen-bond acceptors (Lipinski definition) is 4. The lowest BCUT2D eigenvalue weighted by molar-refractivity contribution is -0.133. The van der Waals surface area contributed by atoms with Crippen LogP contribution in [0, 0.1) is 5.82 Å². The summed E-state index contributed by atoms with van der Waals surface area (Å²) < 4.78 is 14.3. The Balaban J connectivity index is 0.00000196. The van der Waals surface area contributed by atoms with Crippen molar-refractivity contribution in [2.75, 3.05) is 31.1 Å². The van der Waals surface area contributed by atoms with Gasteiger partial charge in [-0.3, -0.25) is 9.59 Å². The molecule has 1 atom stereocenters. The van der Waals surface area contributed by atoms with Crippen LogP contribution in [-0.4, -0.2) is 42.8 Å². The molecule has 8 heteroatoms. The minimum Gasteiger partial charge on any atom is -0.366 e. The van der Waals surface area contributed by atoms with Crippen LogP contribution in [0.4, 0.5) is 10.1 Å². The minimum atomic E-state index is -0.686. The van der Waals surface area contributed by atoms with Gasteiger partial charge in [-0.25, -0.2) is 4.39 Å². The van der Waals surface area contributed by atoms with E-state index in [2.05, 4.69) is 0 Å². The fourth-order valence-corrected chi connectivity index (χ4v) is 3.15. The molecule has 1 saturated heterocycles. The summed E-state index contributed by atoms with van der Waals surface area (Å²) >= 11 is 0. The molecule has 2 aromatic rings. The number of anilines is 1. The molecule has 0 spiro atoms. The number of rotatable bonds is 4. The SMILES string of the molecule is CC(=O)c1ccc(N2CCN(C(=O)C(N)c3ccccc3)CC2)c(F)c1.Cl.Cl. The fourth-order valence-electron chi connectivity index (χ4n) is 3.15. The van der Waals surface area contributed by atoms with Gasteiger partial charge in [0.2, 0.25) is 5.91 Å². The van der Waals surface area contributed by atoms with Gasteiger partial charge in [-0.05, 0) is 30.7 Å². The number of piperazine rings is 1. The molecule has 5 nitrogen and oxygen atoms in total. The number of benzene rings is 2. The van der Waals surface area contributed by atoms with E-state index in [-0.39, 0.29) is 36.5 Å². The van der Waals surface area contributed by atoms with Crippen molar-refractivity contribution in [3.05, 3.63) is 65.5 Å². The molecule has 1 aliphatic rings. The zero-order chi connectivity index (χ0) is 18.7. The Kier molecular flexibility index (Phi) is 8.88. The summed E-state index contributed by atoms with van der Waals surface area (Å²) in [5.74, 6) is -0.706. The van der Waals surface area contributed by atoms with Crippen molar-refractivity contribution in [2.24, 2.45) is 5.73 Å². The molecular formula is C20H24Cl2FN3O2. The molecule has 0 aliphatic carbocycles. The van der Waals surface area contributed by atoms with E-state index in [1.54, 1.807) is 17.0 Å². The quantitative estimate of drug-likeness (QED) is 0.760. The molecule has 1 aliphatic heterocycles. The number of carbonyl (C=O) groups is 2. The van der Waals surface area contributed by atoms with Gasteiger partial charge >= 0.3 is 0 Å². The third-order valence-corrected chi connectivity index (χ3v) is 4.71. The largest absolute Gasteiger partial charge is 0.366 e. The van der Waals surface area contributed by atoms with Gasteiger partial charge in [-0.2, -0.15) is 0 Å². The second-order valence-electron chi connectivity index (χ2n) is 6.42. The smallest absolute Gasteiger partial charge is 0.244 e. The Bertz CT molecular complexity index is 812. The van der Waals surface area contributed by atoms with E-state index in [1.165, 1.54) is 13.0 Å². The Labute approximate surface area is 176 Å². The summed E-state index contributed by atoms with van der Waals surface area (Å²) in [6, 6.07) is 13.1. The maximum absolute atomic E-state index is 14.3. The van der Waals surface area contributed by atoms with Crippen molar-refractivity contribution in [1.29, 1.82) is 0 Å². The molecule has 28 heavy (non-hydrogen) atoms. The number of nitrogens with zero attached hydrogens (tertiary/aromatic N) is 2. The minimum absolute atomic E-state index is 0. The molecule has 0 saturated carbocycles. The number of hydrogen-bond donors (Lipinski definition) is 1. The van der Waals surface area contributed by atoms with E-state index in [1.807, 2.05) is 35.2 Å². The highest BCUT2D eigenvalue weighted by molar-refractivity contribution is 5.94. The number of Topliss-reactive ketones (excluding diaryl/α,β-unsaturated/α-hetero) is 1. The van der Waals surface area contributed by atoms with Gasteiger partial charge in [-0.1, -0.05) is 30.3 Å². The molecule has 152 valence electrons. The van der Waals surface area contributed by atoms with E-state index >= 15 is 0 Å². The third kappa shape index (κ3) is 5.22. The normalized spacial score (nSPS) is 14.5. The van der Waals surface area contributed by atoms with Crippen molar-refractivity contribution in [2.45, 2.75) is 13.0 Å². The summed E-state index contributed by atoms with van der Waals surface area (Å²) in [4.78, 5) is 27.6. The predicted molar refractivity (Wildman–Crippen MR) is 113 cm³/mol. The average Bonchev–Trinajstić information content (AvgIpc) is 2.67. The number of carbonyl (C=O) groups excluding carboxylic acids is 2. The maximum Gasteiger partial charge on any atom is 0.244 e. The Hall–Kier alpha value is -2.15. The topological polar surface area (TPSA) is 66.6 Å². The molecular weight excluding hydrogens is 404 g/mol. The molecule has 2 N–H and O–H groups in total. The highest BCUT2D eigenvalue weighted by Gasteiger charge is 2.27. The van der Waals surface area contributed by atoms with Gasteiger partial charge < -0.3 is 15.5 Å². The number of nitrogens with two attached hydrogens (primary N) is 1. The molecule has 1 amide bonds. The van der Waals surface area contributed by atoms with Crippen molar-refractivity contribution in [3.8, 4) is 0 Å². The summed E-state index contributed by atoms with van der Waals surface area (Å²) in [5, 5.41) is 0. The summed E-state index contributed by atoms with van der Waals surface area (Å²) in [6.07, 6.45) is 0. The molecule has 3 rings (SSSR count). The Morgan fingerprint density at radius 3 is 2.14 bits per heavy atom. The first kappa shape index (κ1) is 23.9. The molecule has 0 radical (unpaired) electrons. The van der Waals surface area contributed by atoms with E-state index in [0.717, 1.165) is 5.56 Å². The monoisotopic (exact) mass is 427 g/mol. The van der Waals surface area contributed by atoms with Crippen LogP contribution >= 0.6 is 24.8 Å². The summed E-state index contributed by atoms with van der Waals surface area (Å²) in [6.45, 7) is 3.41. The van der Waals surface area contributed by atoms with Crippen LogP contribution in [0.5, 0.6) is 0 Å². The molecule has 2 aromatic carbocycles. The van der Waals surface area contributed by atoms with Gasteiger partial charge in [0.15, 0.2) is 5.78 Å². The van der Waals surface area contributed by atoms with Crippen LogP contribution in [0.25, 0.3) is 0 Å². The average molecular weight is 428 g/mol. The zero-order valence-electron chi connectivity index (χ0n) is 15.5. The fraction of sp³-hybridized carbons (Fsp3) is 0.300. The highest BCUT2D eigenvalue weighted by atomic mass is 35.5. The van der Waals surface area contributed by atoms with Gasteiger partial charge in [0.1, 0.15) is 11.9 Å². The lowest BCUT2D eigenvalue weighted by atomic mass is 10.1. The third-order valence-electron chi connectivity index (χ3n) is 4.71. The first-order chi connectivity index (χ1) is 12.5. The van der Waals surface area contributed by atoms with Gasteiger partial charge in [0.25, 0.3) is 0 Å². The summed E-state index contributed by atoms with van der Waals surface area (Å²) in [7, 11) is 0. The van der Waals surface area contributed by atoms with Crippen LogP contribution in [0.1, 0.15) is 28.9 Å². The van der Waals surface area contributed by atoms with Crippen LogP contribution in [0.3, 0.4) is 0 Å². The van der Waals surface area contributed by atoms with Crippen molar-refractivity contribution in [1.82, 2.24) is 4.90 Å². The first-order valence-electron chi connectivity index (χ1n) is 8.62. The number of halogens is 3. The second-order valence-corrected chi connectivity index (χ2v) is 6.42. The number of amides is 1. The van der Waals surface area contributed by atoms with E-state index in [4.69, 9.17) is 5.73 Å². The molecule has 0 aromatic heterocycles. The van der Waals surface area contributed by atoms with E-state index < -0.39 is 11.9 Å². The second kappa shape index (κ2) is 10.4. The molecule has 1 unspecified atom stereocenters. The van der Waals surface area contributed by atoms with Gasteiger partial charge in [-0.15, -0.1) is 24.8 Å². The van der Waals surface area contributed by atoms with Crippen molar-refractivity contribution in [3.63, 3.8) is 0 Å². The predicted octanol–water partition coefficient (Wildman–Crippen LogP) is 3.22. The van der Waals surface area contributed by atoms with Gasteiger partial charge in [0, 0.05) is 31.7 Å². The molecule has 1 fully saturated rings. The van der Waals surface area contributed by atoms with Crippen LogP contribution in [0.2, 0.25) is 0 Å². The maximum atomic E-state index is 14.3. The standard InChI is InChI=1S/C20H22FN3O2.2ClH/c1-14(25)16-7-8-18(17(21)13-16)23-9-11-24(12-10-23)20(26)19(22)15-5-3-2-4-6-15;;/h2-8,13,19H,9-12,22H2,1H3;2*1H. The lowest BCUT2D eigenvalue weighted by Gasteiger charge is -2.37. The van der Waals surface area contributed by atoms with Gasteiger partial charge in [0.05, 0.1) is 5.69 Å². The molecule has 1 heterocycles. The summed E-state index contributed by atoms with van der Waals surface area (Å²) in [5.41, 5.74) is 7.68. The van der Waals surface area contributed by atoms with Crippen molar-refractivity contribution >= 4 is 42.2 Å². The van der Waals surface area contributed by atoms with E-state index in [0.29, 0.717) is 37.4 Å². The lowest BCUT2D eigenvalue weighted by Crippen LogP contribution is -2.51. The van der Waals surface area contributed by atoms with Crippen LogP contribution in [-0.2, 0) is 4.79 Å².